The average Bonchev–Trinajstić information content (AvgIpc) is 2.53. The van der Waals surface area contributed by atoms with Crippen molar-refractivity contribution in [3.05, 3.63) is 29.8 Å². The summed E-state index contributed by atoms with van der Waals surface area (Å²) in [5.41, 5.74) is -3.59. The molecule has 0 bridgehead atoms. The predicted molar refractivity (Wildman–Crippen MR) is 78.5 cm³/mol. The van der Waals surface area contributed by atoms with E-state index in [1.165, 1.54) is 43.6 Å². The number of urea groups is 1. The SMILES string of the molecule is CCOC(=O)[C@H]1[C@H](c2ccc(OC)cc2)NC(=O)N[C@@]1(O)C(F)(F)F. The first-order chi connectivity index (χ1) is 11.6. The number of esters is 1. The second-order valence-corrected chi connectivity index (χ2v) is 5.34. The molecule has 0 radical (unpaired) electrons. The van der Waals surface area contributed by atoms with Crippen molar-refractivity contribution in [1.29, 1.82) is 0 Å². The minimum atomic E-state index is -5.30. The average molecular weight is 362 g/mol. The third-order valence-corrected chi connectivity index (χ3v) is 3.82. The van der Waals surface area contributed by atoms with Gasteiger partial charge in [-0.1, -0.05) is 12.1 Å². The van der Waals surface area contributed by atoms with Gasteiger partial charge in [0.15, 0.2) is 0 Å². The standard InChI is InChI=1S/C15H17F3N2O5/c1-3-25-12(21)10-11(8-4-6-9(24-2)7-5-8)19-13(22)20-14(10,23)15(16,17)18/h4-7,10-11,23H,3H2,1-2H3,(H2,19,20,22)/t10-,11+,14+/m1/s1. The van der Waals surface area contributed by atoms with Gasteiger partial charge in [-0.05, 0) is 24.6 Å². The van der Waals surface area contributed by atoms with Crippen LogP contribution in [0.4, 0.5) is 18.0 Å². The highest BCUT2D eigenvalue weighted by Gasteiger charge is 2.67. The fourth-order valence-electron chi connectivity index (χ4n) is 2.63. The number of alkyl halides is 3. The second-order valence-electron chi connectivity index (χ2n) is 5.34. The smallest absolute Gasteiger partial charge is 0.437 e. The van der Waals surface area contributed by atoms with E-state index in [0.29, 0.717) is 5.75 Å². The summed E-state index contributed by atoms with van der Waals surface area (Å²) in [6, 6.07) is 2.97. The van der Waals surface area contributed by atoms with Gasteiger partial charge in [0.05, 0.1) is 19.8 Å². The summed E-state index contributed by atoms with van der Waals surface area (Å²) >= 11 is 0. The first kappa shape index (κ1) is 18.8. The van der Waals surface area contributed by atoms with E-state index in [0.717, 1.165) is 0 Å². The Morgan fingerprint density at radius 1 is 1.32 bits per heavy atom. The molecule has 0 aromatic heterocycles. The van der Waals surface area contributed by atoms with Crippen LogP contribution in [0.1, 0.15) is 18.5 Å². The van der Waals surface area contributed by atoms with E-state index in [-0.39, 0.29) is 12.2 Å². The maximum Gasteiger partial charge on any atom is 0.437 e. The van der Waals surface area contributed by atoms with Gasteiger partial charge in [-0.3, -0.25) is 4.79 Å². The minimum absolute atomic E-state index is 0.177. The van der Waals surface area contributed by atoms with Gasteiger partial charge < -0.3 is 25.2 Å². The van der Waals surface area contributed by atoms with Gasteiger partial charge in [-0.25, -0.2) is 4.79 Å². The first-order valence-corrected chi connectivity index (χ1v) is 7.32. The Hall–Kier alpha value is -2.49. The van der Waals surface area contributed by atoms with E-state index in [1.54, 1.807) is 0 Å². The number of halogens is 3. The molecule has 1 aromatic rings. The number of aliphatic hydroxyl groups is 1. The number of carbonyl (C=O) groups is 2. The van der Waals surface area contributed by atoms with Gasteiger partial charge in [0.1, 0.15) is 11.7 Å². The number of ether oxygens (including phenoxy) is 2. The lowest BCUT2D eigenvalue weighted by Gasteiger charge is -2.44. The number of rotatable bonds is 4. The normalized spacial score (nSPS) is 26.4. The van der Waals surface area contributed by atoms with Crippen molar-refractivity contribution < 1.29 is 37.3 Å². The highest BCUT2D eigenvalue weighted by molar-refractivity contribution is 5.83. The van der Waals surface area contributed by atoms with E-state index in [4.69, 9.17) is 4.74 Å². The van der Waals surface area contributed by atoms with Crippen molar-refractivity contribution in [3.8, 4) is 5.75 Å². The molecule has 10 heteroatoms. The molecule has 1 heterocycles. The Bertz CT molecular complexity index is 650. The number of carbonyl (C=O) groups excluding carboxylic acids is 2. The zero-order valence-corrected chi connectivity index (χ0v) is 13.4. The number of hydrogen-bond donors (Lipinski definition) is 3. The van der Waals surface area contributed by atoms with Crippen LogP contribution in [-0.4, -0.2) is 42.7 Å². The molecular formula is C15H17F3N2O5. The van der Waals surface area contributed by atoms with Crippen LogP contribution < -0.4 is 15.4 Å². The van der Waals surface area contributed by atoms with Crippen LogP contribution in [0.2, 0.25) is 0 Å². The van der Waals surface area contributed by atoms with Crippen LogP contribution in [0.3, 0.4) is 0 Å². The van der Waals surface area contributed by atoms with Gasteiger partial charge in [0.2, 0.25) is 0 Å². The Morgan fingerprint density at radius 3 is 2.40 bits per heavy atom. The quantitative estimate of drug-likeness (QED) is 0.705. The molecule has 1 fully saturated rings. The fraction of sp³-hybridized carbons (Fsp3) is 0.467. The molecule has 3 atom stereocenters. The number of benzene rings is 1. The molecule has 1 aliphatic heterocycles. The monoisotopic (exact) mass is 362 g/mol. The predicted octanol–water partition coefficient (Wildman–Crippen LogP) is 1.48. The van der Waals surface area contributed by atoms with Crippen molar-refractivity contribution in [3.63, 3.8) is 0 Å². The van der Waals surface area contributed by atoms with Crippen LogP contribution in [0.5, 0.6) is 5.75 Å². The van der Waals surface area contributed by atoms with E-state index < -0.39 is 35.9 Å². The summed E-state index contributed by atoms with van der Waals surface area (Å²) in [6.45, 7) is 1.23. The summed E-state index contributed by atoms with van der Waals surface area (Å²) in [5, 5.41) is 13.8. The second kappa shape index (κ2) is 6.79. The molecule has 1 aromatic carbocycles. The molecule has 1 saturated heterocycles. The molecule has 2 rings (SSSR count). The molecular weight excluding hydrogens is 345 g/mol. The van der Waals surface area contributed by atoms with Crippen LogP contribution in [0, 0.1) is 5.92 Å². The molecule has 2 amide bonds. The van der Waals surface area contributed by atoms with Gasteiger partial charge in [0.25, 0.3) is 5.72 Å². The third-order valence-electron chi connectivity index (χ3n) is 3.82. The van der Waals surface area contributed by atoms with Gasteiger partial charge in [-0.2, -0.15) is 13.2 Å². The van der Waals surface area contributed by atoms with Crippen molar-refractivity contribution >= 4 is 12.0 Å². The summed E-state index contributed by atoms with van der Waals surface area (Å²) in [5.74, 6) is -3.00. The Morgan fingerprint density at radius 2 is 1.92 bits per heavy atom. The van der Waals surface area contributed by atoms with Crippen molar-refractivity contribution in [2.45, 2.75) is 24.9 Å². The summed E-state index contributed by atoms with van der Waals surface area (Å²) < 4.78 is 50.0. The van der Waals surface area contributed by atoms with Crippen LogP contribution >= 0.6 is 0 Å². The van der Waals surface area contributed by atoms with Crippen molar-refractivity contribution in [2.24, 2.45) is 5.92 Å². The van der Waals surface area contributed by atoms with Gasteiger partial charge in [0, 0.05) is 0 Å². The van der Waals surface area contributed by atoms with Crippen LogP contribution in [0.15, 0.2) is 24.3 Å². The molecule has 0 aliphatic carbocycles. The van der Waals surface area contributed by atoms with Gasteiger partial charge in [-0.15, -0.1) is 0 Å². The molecule has 0 unspecified atom stereocenters. The highest BCUT2D eigenvalue weighted by Crippen LogP contribution is 2.43. The largest absolute Gasteiger partial charge is 0.497 e. The topological polar surface area (TPSA) is 96.9 Å². The lowest BCUT2D eigenvalue weighted by atomic mass is 9.82. The first-order valence-electron chi connectivity index (χ1n) is 7.32. The number of methoxy groups -OCH3 is 1. The number of nitrogens with one attached hydrogen (secondary N) is 2. The summed E-state index contributed by atoms with van der Waals surface area (Å²) in [7, 11) is 1.41. The van der Waals surface area contributed by atoms with E-state index in [1.807, 2.05) is 0 Å². The summed E-state index contributed by atoms with van der Waals surface area (Å²) in [6.07, 6.45) is -5.30. The zero-order valence-electron chi connectivity index (χ0n) is 13.4. The maximum absolute atomic E-state index is 13.4. The molecule has 3 N–H and O–H groups in total. The molecule has 1 aliphatic rings. The lowest BCUT2D eigenvalue weighted by molar-refractivity contribution is -0.294. The maximum atomic E-state index is 13.4. The summed E-state index contributed by atoms with van der Waals surface area (Å²) in [4.78, 5) is 23.9. The lowest BCUT2D eigenvalue weighted by Crippen LogP contribution is -2.73. The highest BCUT2D eigenvalue weighted by atomic mass is 19.4. The van der Waals surface area contributed by atoms with E-state index >= 15 is 0 Å². The molecule has 138 valence electrons. The fourth-order valence-corrected chi connectivity index (χ4v) is 2.63. The van der Waals surface area contributed by atoms with E-state index in [9.17, 15) is 27.9 Å². The molecule has 25 heavy (non-hydrogen) atoms. The van der Waals surface area contributed by atoms with Crippen molar-refractivity contribution in [2.75, 3.05) is 13.7 Å². The van der Waals surface area contributed by atoms with E-state index in [2.05, 4.69) is 10.1 Å². The Kier molecular flexibility index (Phi) is 5.12. The number of hydrogen-bond acceptors (Lipinski definition) is 5. The molecule has 7 nitrogen and oxygen atoms in total. The van der Waals surface area contributed by atoms with Gasteiger partial charge >= 0.3 is 18.2 Å². The zero-order chi connectivity index (χ0) is 18.8. The van der Waals surface area contributed by atoms with Crippen molar-refractivity contribution in [1.82, 2.24) is 10.6 Å². The van der Waals surface area contributed by atoms with Crippen LogP contribution in [0.25, 0.3) is 0 Å². The Balaban J connectivity index is 2.53. The Labute approximate surface area is 141 Å². The third kappa shape index (κ3) is 3.48. The van der Waals surface area contributed by atoms with Crippen LogP contribution in [-0.2, 0) is 9.53 Å². The molecule has 0 spiro atoms. The minimum Gasteiger partial charge on any atom is -0.497 e. The molecule has 0 saturated carbocycles. The number of amides is 2.